The van der Waals surface area contributed by atoms with E-state index in [-0.39, 0.29) is 23.8 Å². The second kappa shape index (κ2) is 9.25. The zero-order valence-corrected chi connectivity index (χ0v) is 16.8. The first kappa shape index (κ1) is 22.0. The molecule has 0 saturated carbocycles. The Bertz CT molecular complexity index is 913. The van der Waals surface area contributed by atoms with Crippen molar-refractivity contribution in [3.05, 3.63) is 78.8 Å². The molecule has 1 unspecified atom stereocenters. The van der Waals surface area contributed by atoms with Crippen molar-refractivity contribution >= 4 is 30.6 Å². The first-order chi connectivity index (χ1) is 13.2. The number of nitro groups is 2. The molecule has 0 N–H and O–H groups in total. The summed E-state index contributed by atoms with van der Waals surface area (Å²) in [6.45, 7) is 3.31. The van der Waals surface area contributed by atoms with Crippen molar-refractivity contribution in [1.82, 2.24) is 0 Å². The normalized spacial score (nSPS) is 12.5. The predicted octanol–water partition coefficient (Wildman–Crippen LogP) is 5.51. The van der Waals surface area contributed by atoms with Gasteiger partial charge in [0.25, 0.3) is 11.4 Å². The highest BCUT2D eigenvalue weighted by molar-refractivity contribution is 7.54. The number of nitrogens with zero attached hydrogens (tertiary/aromatic N) is 2. The summed E-state index contributed by atoms with van der Waals surface area (Å²) < 4.78 is 24.4. The molecule has 0 saturated heterocycles. The van der Waals surface area contributed by atoms with Crippen molar-refractivity contribution in [2.45, 2.75) is 19.5 Å². The molecule has 0 radical (unpaired) electrons. The quantitative estimate of drug-likeness (QED) is 0.293. The monoisotopic (exact) mass is 428 g/mol. The van der Waals surface area contributed by atoms with E-state index in [0.29, 0.717) is 5.56 Å². The molecule has 1 atom stereocenters. The molecule has 0 aliphatic carbocycles. The molecule has 0 heterocycles. The Kier molecular flexibility index (Phi) is 7.26. The van der Waals surface area contributed by atoms with Gasteiger partial charge in [0.2, 0.25) is 0 Å². The molecule has 0 amide bonds. The van der Waals surface area contributed by atoms with Crippen molar-refractivity contribution < 1.29 is 23.5 Å². The van der Waals surface area contributed by atoms with Gasteiger partial charge in [-0.3, -0.25) is 24.8 Å². The van der Waals surface area contributed by atoms with Crippen LogP contribution in [0.5, 0.6) is 0 Å². The number of rotatable bonds is 9. The number of hydrogen-bond donors (Lipinski definition) is 0. The second-order valence-corrected chi connectivity index (χ2v) is 8.08. The number of hydrogen-bond acceptors (Lipinski definition) is 7. The van der Waals surface area contributed by atoms with Gasteiger partial charge in [-0.05, 0) is 25.5 Å². The number of halogens is 1. The van der Waals surface area contributed by atoms with E-state index in [2.05, 4.69) is 0 Å². The standard InChI is InChI=1S/C17H18ClN2O7P/c1-3-26-28(25,27-4-2)17(12-8-6-5-7-9-12)13-10-14(18)16(20(23)24)11-15(13)19(21)22/h5-11,17H,3-4H2,1-2H3. The van der Waals surface area contributed by atoms with Gasteiger partial charge in [0.1, 0.15) is 10.7 Å². The highest BCUT2D eigenvalue weighted by Crippen LogP contribution is 2.65. The first-order valence-corrected chi connectivity index (χ1v) is 10.3. The maximum absolute atomic E-state index is 13.6. The van der Waals surface area contributed by atoms with Gasteiger partial charge in [0.05, 0.1) is 34.7 Å². The van der Waals surface area contributed by atoms with Crippen LogP contribution < -0.4 is 0 Å². The van der Waals surface area contributed by atoms with Crippen molar-refractivity contribution in [3.8, 4) is 0 Å². The van der Waals surface area contributed by atoms with E-state index in [9.17, 15) is 24.8 Å². The summed E-state index contributed by atoms with van der Waals surface area (Å²) in [5.41, 5.74) is -2.05. The molecule has 0 aromatic heterocycles. The van der Waals surface area contributed by atoms with Gasteiger partial charge in [-0.15, -0.1) is 0 Å². The zero-order chi connectivity index (χ0) is 20.9. The van der Waals surface area contributed by atoms with Crippen molar-refractivity contribution in [1.29, 1.82) is 0 Å². The molecule has 9 nitrogen and oxygen atoms in total. The summed E-state index contributed by atoms with van der Waals surface area (Å²) in [7, 11) is -3.93. The molecule has 0 aliphatic rings. The van der Waals surface area contributed by atoms with Crippen molar-refractivity contribution in [3.63, 3.8) is 0 Å². The highest BCUT2D eigenvalue weighted by atomic mass is 35.5. The minimum absolute atomic E-state index is 0.0368. The van der Waals surface area contributed by atoms with Gasteiger partial charge in [-0.2, -0.15) is 0 Å². The van der Waals surface area contributed by atoms with E-state index < -0.39 is 34.5 Å². The Morgan fingerprint density at radius 1 is 1.00 bits per heavy atom. The van der Waals surface area contributed by atoms with Crippen molar-refractivity contribution in [2.75, 3.05) is 13.2 Å². The van der Waals surface area contributed by atoms with Crippen LogP contribution in [0.1, 0.15) is 30.6 Å². The van der Waals surface area contributed by atoms with Crippen LogP contribution in [0.4, 0.5) is 11.4 Å². The minimum Gasteiger partial charge on any atom is -0.308 e. The molecule has 2 aromatic rings. The predicted molar refractivity (Wildman–Crippen MR) is 104 cm³/mol. The summed E-state index contributed by atoms with van der Waals surface area (Å²) >= 11 is 6.00. The molecular weight excluding hydrogens is 411 g/mol. The van der Waals surface area contributed by atoms with Gasteiger partial charge in [-0.25, -0.2) is 0 Å². The third-order valence-electron chi connectivity index (χ3n) is 3.83. The van der Waals surface area contributed by atoms with E-state index in [1.165, 1.54) is 0 Å². The topological polar surface area (TPSA) is 122 Å². The summed E-state index contributed by atoms with van der Waals surface area (Å²) in [6, 6.07) is 10.1. The lowest BCUT2D eigenvalue weighted by molar-refractivity contribution is -0.394. The van der Waals surface area contributed by atoms with E-state index in [1.807, 2.05) is 0 Å². The van der Waals surface area contributed by atoms with Gasteiger partial charge in [0.15, 0.2) is 0 Å². The van der Waals surface area contributed by atoms with Gasteiger partial charge < -0.3 is 9.05 Å². The fraction of sp³-hybridized carbons (Fsp3) is 0.294. The zero-order valence-electron chi connectivity index (χ0n) is 15.1. The molecule has 11 heteroatoms. The van der Waals surface area contributed by atoms with Crippen LogP contribution in [0.3, 0.4) is 0 Å². The average Bonchev–Trinajstić information content (AvgIpc) is 2.62. The Labute approximate surface area is 166 Å². The molecule has 0 aliphatic heterocycles. The van der Waals surface area contributed by atoms with Gasteiger partial charge in [0, 0.05) is 0 Å². The molecular formula is C17H18ClN2O7P. The van der Waals surface area contributed by atoms with E-state index in [0.717, 1.165) is 12.1 Å². The third-order valence-corrected chi connectivity index (χ3v) is 6.58. The summed E-state index contributed by atoms with van der Waals surface area (Å²) in [5.74, 6) is 0. The van der Waals surface area contributed by atoms with Gasteiger partial charge in [-0.1, -0.05) is 41.9 Å². The summed E-state index contributed by atoms with van der Waals surface area (Å²) in [6.07, 6.45) is 0. The molecule has 28 heavy (non-hydrogen) atoms. The first-order valence-electron chi connectivity index (χ1n) is 8.31. The third kappa shape index (κ3) is 4.56. The molecule has 2 rings (SSSR count). The lowest BCUT2D eigenvalue weighted by Crippen LogP contribution is -2.11. The fourth-order valence-corrected chi connectivity index (χ4v) is 5.22. The van der Waals surface area contributed by atoms with Crippen LogP contribution >= 0.6 is 19.2 Å². The van der Waals surface area contributed by atoms with E-state index >= 15 is 0 Å². The maximum atomic E-state index is 13.6. The van der Waals surface area contributed by atoms with Crippen LogP contribution in [0, 0.1) is 20.2 Å². The van der Waals surface area contributed by atoms with Crippen LogP contribution in [-0.4, -0.2) is 23.1 Å². The molecule has 0 bridgehead atoms. The summed E-state index contributed by atoms with van der Waals surface area (Å²) in [5, 5.41) is 22.5. The van der Waals surface area contributed by atoms with Crippen molar-refractivity contribution in [2.24, 2.45) is 0 Å². The fourth-order valence-electron chi connectivity index (χ4n) is 2.80. The Morgan fingerprint density at radius 3 is 2.00 bits per heavy atom. The largest absolute Gasteiger partial charge is 0.342 e. The Balaban J connectivity index is 2.84. The average molecular weight is 429 g/mol. The second-order valence-electron chi connectivity index (χ2n) is 5.57. The molecule has 0 spiro atoms. The smallest absolute Gasteiger partial charge is 0.308 e. The number of nitro benzene ring substituents is 2. The van der Waals surface area contributed by atoms with Gasteiger partial charge >= 0.3 is 7.60 Å². The SMILES string of the molecule is CCOP(=O)(OCC)C(c1ccccc1)c1cc(Cl)c([N+](=O)[O-])cc1[N+](=O)[O-]. The molecule has 150 valence electrons. The van der Waals surface area contributed by atoms with E-state index in [1.54, 1.807) is 44.2 Å². The van der Waals surface area contributed by atoms with Crippen LogP contribution in [0.2, 0.25) is 5.02 Å². The molecule has 2 aromatic carbocycles. The Morgan fingerprint density at radius 2 is 1.54 bits per heavy atom. The number of benzene rings is 2. The minimum atomic E-state index is -3.93. The molecule has 0 fully saturated rings. The highest BCUT2D eigenvalue weighted by Gasteiger charge is 2.42. The summed E-state index contributed by atoms with van der Waals surface area (Å²) in [4.78, 5) is 21.2. The van der Waals surface area contributed by atoms with Crippen LogP contribution in [0.25, 0.3) is 0 Å². The van der Waals surface area contributed by atoms with Crippen LogP contribution in [-0.2, 0) is 13.6 Å². The van der Waals surface area contributed by atoms with E-state index in [4.69, 9.17) is 20.6 Å². The lowest BCUT2D eigenvalue weighted by atomic mass is 10.0. The van der Waals surface area contributed by atoms with Crippen LogP contribution in [0.15, 0.2) is 42.5 Å². The lowest BCUT2D eigenvalue weighted by Gasteiger charge is -2.27. The maximum Gasteiger partial charge on any atom is 0.342 e. The Hall–Kier alpha value is -2.32.